The zero-order chi connectivity index (χ0) is 17.4. The van der Waals surface area contributed by atoms with Crippen LogP contribution >= 0.6 is 0 Å². The molecule has 0 atom stereocenters. The summed E-state index contributed by atoms with van der Waals surface area (Å²) in [4.78, 5) is 4.05. The van der Waals surface area contributed by atoms with Crippen LogP contribution in [0.25, 0.3) is 0 Å². The van der Waals surface area contributed by atoms with Crippen LogP contribution in [0.3, 0.4) is 0 Å². The van der Waals surface area contributed by atoms with Crippen LogP contribution in [-0.4, -0.2) is 26.1 Å². The number of nitrogens with zero attached hydrogens (tertiary/aromatic N) is 1. The monoisotopic (exact) mass is 335 g/mol. The first-order valence-corrected chi connectivity index (χ1v) is 7.72. The van der Waals surface area contributed by atoms with Crippen molar-refractivity contribution in [1.82, 2.24) is 10.6 Å². The largest absolute Gasteiger partial charge is 0.356 e. The van der Waals surface area contributed by atoms with Crippen LogP contribution in [0.2, 0.25) is 0 Å². The van der Waals surface area contributed by atoms with E-state index in [1.54, 1.807) is 13.1 Å². The molecular formula is C18H20F3N3. The highest BCUT2D eigenvalue weighted by Crippen LogP contribution is 2.11. The lowest BCUT2D eigenvalue weighted by atomic mass is 10.1. The van der Waals surface area contributed by atoms with Crippen molar-refractivity contribution in [2.45, 2.75) is 12.8 Å². The van der Waals surface area contributed by atoms with E-state index >= 15 is 0 Å². The second-order valence-corrected chi connectivity index (χ2v) is 5.26. The first kappa shape index (κ1) is 17.8. The van der Waals surface area contributed by atoms with Gasteiger partial charge in [-0.15, -0.1) is 0 Å². The molecule has 0 heterocycles. The maximum Gasteiger partial charge on any atom is 0.190 e. The van der Waals surface area contributed by atoms with E-state index in [0.717, 1.165) is 5.56 Å². The number of halogens is 3. The molecule has 0 bridgehead atoms. The molecule has 24 heavy (non-hydrogen) atoms. The van der Waals surface area contributed by atoms with E-state index < -0.39 is 11.6 Å². The summed E-state index contributed by atoms with van der Waals surface area (Å²) < 4.78 is 40.2. The summed E-state index contributed by atoms with van der Waals surface area (Å²) in [7, 11) is 1.61. The summed E-state index contributed by atoms with van der Waals surface area (Å²) in [5.74, 6) is -0.832. The average molecular weight is 335 g/mol. The van der Waals surface area contributed by atoms with Gasteiger partial charge in [0.15, 0.2) is 5.96 Å². The molecule has 0 aliphatic rings. The van der Waals surface area contributed by atoms with Crippen molar-refractivity contribution in [2.75, 3.05) is 20.1 Å². The normalized spacial score (nSPS) is 11.4. The lowest BCUT2D eigenvalue weighted by Crippen LogP contribution is -2.39. The number of guanidine groups is 1. The lowest BCUT2D eigenvalue weighted by molar-refractivity contribution is 0.553. The van der Waals surface area contributed by atoms with Crippen molar-refractivity contribution in [1.29, 1.82) is 0 Å². The topological polar surface area (TPSA) is 36.4 Å². The maximum absolute atomic E-state index is 13.5. The number of rotatable bonds is 6. The van der Waals surface area contributed by atoms with Crippen molar-refractivity contribution >= 4 is 5.96 Å². The smallest absolute Gasteiger partial charge is 0.190 e. The summed E-state index contributed by atoms with van der Waals surface area (Å²) in [5.41, 5.74) is 0.937. The molecular weight excluding hydrogens is 315 g/mol. The molecule has 6 heteroatoms. The van der Waals surface area contributed by atoms with Crippen LogP contribution in [0.15, 0.2) is 47.5 Å². The van der Waals surface area contributed by atoms with E-state index in [1.165, 1.54) is 30.3 Å². The minimum Gasteiger partial charge on any atom is -0.356 e. The van der Waals surface area contributed by atoms with E-state index in [1.807, 2.05) is 6.07 Å². The molecule has 0 unspecified atom stereocenters. The second kappa shape index (κ2) is 8.96. The Bertz CT molecular complexity index is 681. The molecule has 2 aromatic rings. The summed E-state index contributed by atoms with van der Waals surface area (Å²) in [6, 6.07) is 10.2. The number of hydrogen-bond donors (Lipinski definition) is 2. The fourth-order valence-electron chi connectivity index (χ4n) is 2.32. The first-order valence-electron chi connectivity index (χ1n) is 7.72. The van der Waals surface area contributed by atoms with E-state index in [9.17, 15) is 13.2 Å². The maximum atomic E-state index is 13.5. The van der Waals surface area contributed by atoms with Crippen molar-refractivity contribution in [3.05, 3.63) is 71.0 Å². The molecule has 0 aliphatic heterocycles. The van der Waals surface area contributed by atoms with Crippen molar-refractivity contribution < 1.29 is 13.2 Å². The zero-order valence-corrected chi connectivity index (χ0v) is 13.5. The van der Waals surface area contributed by atoms with Gasteiger partial charge in [-0.2, -0.15) is 0 Å². The minimum absolute atomic E-state index is 0.0558. The third-order valence-electron chi connectivity index (χ3n) is 3.55. The second-order valence-electron chi connectivity index (χ2n) is 5.26. The predicted octanol–water partition coefficient (Wildman–Crippen LogP) is 3.05. The molecule has 2 rings (SSSR count). The van der Waals surface area contributed by atoms with Crippen LogP contribution in [0.1, 0.15) is 11.1 Å². The van der Waals surface area contributed by atoms with Gasteiger partial charge in [-0.1, -0.05) is 18.2 Å². The van der Waals surface area contributed by atoms with Gasteiger partial charge in [-0.05, 0) is 42.7 Å². The Morgan fingerprint density at radius 3 is 2.17 bits per heavy atom. The Morgan fingerprint density at radius 1 is 0.917 bits per heavy atom. The van der Waals surface area contributed by atoms with Gasteiger partial charge in [0, 0.05) is 25.7 Å². The Labute approximate surface area is 139 Å². The summed E-state index contributed by atoms with van der Waals surface area (Å²) in [6.45, 7) is 0.911. The van der Waals surface area contributed by atoms with Crippen LogP contribution in [0.4, 0.5) is 13.2 Å². The fraction of sp³-hybridized carbons (Fsp3) is 0.278. The minimum atomic E-state index is -0.550. The van der Waals surface area contributed by atoms with Crippen LogP contribution in [-0.2, 0) is 12.8 Å². The van der Waals surface area contributed by atoms with Crippen LogP contribution < -0.4 is 10.6 Å². The number of hydrogen-bond acceptors (Lipinski definition) is 1. The van der Waals surface area contributed by atoms with E-state index in [0.29, 0.717) is 25.5 Å². The highest BCUT2D eigenvalue weighted by atomic mass is 19.1. The van der Waals surface area contributed by atoms with Gasteiger partial charge in [-0.3, -0.25) is 4.99 Å². The number of benzene rings is 2. The third-order valence-corrected chi connectivity index (χ3v) is 3.55. The van der Waals surface area contributed by atoms with Gasteiger partial charge >= 0.3 is 0 Å². The van der Waals surface area contributed by atoms with Crippen LogP contribution in [0, 0.1) is 17.5 Å². The Hall–Kier alpha value is -2.50. The zero-order valence-electron chi connectivity index (χ0n) is 13.5. The Morgan fingerprint density at radius 2 is 1.54 bits per heavy atom. The van der Waals surface area contributed by atoms with E-state index in [-0.39, 0.29) is 17.8 Å². The highest BCUT2D eigenvalue weighted by Gasteiger charge is 2.08. The molecule has 0 spiro atoms. The lowest BCUT2D eigenvalue weighted by Gasteiger charge is -2.12. The summed E-state index contributed by atoms with van der Waals surface area (Å²) in [6.07, 6.45) is 0.851. The van der Waals surface area contributed by atoms with Gasteiger partial charge in [0.2, 0.25) is 0 Å². The Balaban J connectivity index is 1.76. The number of aliphatic imine (C=N–C) groups is 1. The average Bonchev–Trinajstić information content (AvgIpc) is 2.56. The standard InChI is InChI=1S/C18H20F3N3/c1-22-18(23-10-8-13-4-2-5-14(19)12-13)24-11-9-15-16(20)6-3-7-17(15)21/h2-7,12H,8-11H2,1H3,(H2,22,23,24). The first-order chi connectivity index (χ1) is 11.6. The molecule has 0 saturated carbocycles. The fourth-order valence-corrected chi connectivity index (χ4v) is 2.32. The van der Waals surface area contributed by atoms with E-state index in [4.69, 9.17) is 0 Å². The molecule has 128 valence electrons. The van der Waals surface area contributed by atoms with Gasteiger partial charge in [-0.25, -0.2) is 13.2 Å². The van der Waals surface area contributed by atoms with Gasteiger partial charge < -0.3 is 10.6 Å². The van der Waals surface area contributed by atoms with Crippen molar-refractivity contribution in [3.8, 4) is 0 Å². The van der Waals surface area contributed by atoms with Crippen LogP contribution in [0.5, 0.6) is 0 Å². The summed E-state index contributed by atoms with van der Waals surface area (Å²) >= 11 is 0. The molecule has 0 radical (unpaired) electrons. The molecule has 3 nitrogen and oxygen atoms in total. The quantitative estimate of drug-likeness (QED) is 0.629. The van der Waals surface area contributed by atoms with Gasteiger partial charge in [0.05, 0.1) is 0 Å². The highest BCUT2D eigenvalue weighted by molar-refractivity contribution is 5.79. The van der Waals surface area contributed by atoms with Crippen molar-refractivity contribution in [3.63, 3.8) is 0 Å². The third kappa shape index (κ3) is 5.30. The van der Waals surface area contributed by atoms with Crippen molar-refractivity contribution in [2.24, 2.45) is 4.99 Å². The molecule has 0 saturated heterocycles. The molecule has 0 fully saturated rings. The molecule has 0 amide bonds. The van der Waals surface area contributed by atoms with E-state index in [2.05, 4.69) is 15.6 Å². The molecule has 0 aliphatic carbocycles. The van der Waals surface area contributed by atoms with Gasteiger partial charge in [0.1, 0.15) is 17.5 Å². The summed E-state index contributed by atoms with van der Waals surface area (Å²) in [5, 5.41) is 6.08. The predicted molar refractivity (Wildman–Crippen MR) is 89.5 cm³/mol. The SMILES string of the molecule is CN=C(NCCc1cccc(F)c1)NCCc1c(F)cccc1F. The molecule has 0 aromatic heterocycles. The molecule has 2 N–H and O–H groups in total. The number of nitrogens with one attached hydrogen (secondary N) is 2. The van der Waals surface area contributed by atoms with Gasteiger partial charge in [0.25, 0.3) is 0 Å². The molecule has 2 aromatic carbocycles. The Kier molecular flexibility index (Phi) is 6.66.